The minimum Gasteiger partial charge on any atom is -0.465 e. The number of carbonyl (C=O) groups is 1. The molecule has 0 saturated heterocycles. The van der Waals surface area contributed by atoms with Gasteiger partial charge in [-0.1, -0.05) is 36.4 Å². The zero-order valence-electron chi connectivity index (χ0n) is 15.6. The third kappa shape index (κ3) is 5.83. The largest absolute Gasteiger partial charge is 0.465 e. The Kier molecular flexibility index (Phi) is 7.20. The maximum atomic E-state index is 11.9. The first-order chi connectivity index (χ1) is 12.3. The van der Waals surface area contributed by atoms with Crippen LogP contribution in [0.4, 0.5) is 4.79 Å². The number of nitrogens with zero attached hydrogens (tertiary/aromatic N) is 1. The molecule has 1 aromatic carbocycles. The predicted octanol–water partition coefficient (Wildman–Crippen LogP) is 3.59. The molecule has 0 aliphatic rings. The van der Waals surface area contributed by atoms with Gasteiger partial charge in [-0.05, 0) is 44.2 Å². The van der Waals surface area contributed by atoms with Crippen molar-refractivity contribution in [1.29, 1.82) is 0 Å². The van der Waals surface area contributed by atoms with Gasteiger partial charge >= 0.3 is 6.09 Å². The summed E-state index contributed by atoms with van der Waals surface area (Å²) in [6.45, 7) is 6.55. The maximum absolute atomic E-state index is 11.9. The van der Waals surface area contributed by atoms with Gasteiger partial charge in [-0.15, -0.1) is 11.3 Å². The SMILES string of the molecule is CC(C)(C)N(C(=O)O)[C@@H](Cc1ccccc1)[C@H](O)CNCc1cccs1. The van der Waals surface area contributed by atoms with E-state index >= 15 is 0 Å². The molecule has 5 nitrogen and oxygen atoms in total. The van der Waals surface area contributed by atoms with E-state index in [0.717, 1.165) is 5.56 Å². The summed E-state index contributed by atoms with van der Waals surface area (Å²) < 4.78 is 0. The molecule has 142 valence electrons. The average Bonchev–Trinajstić information content (AvgIpc) is 3.07. The number of hydrogen-bond acceptors (Lipinski definition) is 4. The number of thiophene rings is 1. The van der Waals surface area contributed by atoms with Gasteiger partial charge < -0.3 is 15.5 Å². The van der Waals surface area contributed by atoms with E-state index in [1.807, 2.05) is 68.6 Å². The normalized spacial score (nSPS) is 14.0. The smallest absolute Gasteiger partial charge is 0.408 e. The van der Waals surface area contributed by atoms with E-state index in [4.69, 9.17) is 0 Å². The van der Waals surface area contributed by atoms with Gasteiger partial charge in [0.1, 0.15) is 0 Å². The molecule has 26 heavy (non-hydrogen) atoms. The van der Waals surface area contributed by atoms with Crippen LogP contribution in [0.15, 0.2) is 47.8 Å². The second-order valence-electron chi connectivity index (χ2n) is 7.36. The molecule has 0 aliphatic carbocycles. The van der Waals surface area contributed by atoms with Crippen LogP contribution in [0.3, 0.4) is 0 Å². The van der Waals surface area contributed by atoms with E-state index in [0.29, 0.717) is 19.5 Å². The first kappa shape index (κ1) is 20.4. The first-order valence-electron chi connectivity index (χ1n) is 8.76. The molecule has 1 aromatic heterocycles. The van der Waals surface area contributed by atoms with E-state index in [2.05, 4.69) is 5.32 Å². The van der Waals surface area contributed by atoms with Gasteiger partial charge in [0.05, 0.1) is 12.1 Å². The van der Waals surface area contributed by atoms with Crippen LogP contribution in [0.25, 0.3) is 0 Å². The fraction of sp³-hybridized carbons (Fsp3) is 0.450. The maximum Gasteiger partial charge on any atom is 0.408 e. The molecule has 6 heteroatoms. The summed E-state index contributed by atoms with van der Waals surface area (Å²) in [7, 11) is 0. The number of aliphatic hydroxyl groups is 1. The third-order valence-electron chi connectivity index (χ3n) is 4.23. The highest BCUT2D eigenvalue weighted by atomic mass is 32.1. The standard InChI is InChI=1S/C20H28N2O3S/c1-20(2,3)22(19(24)25)17(12-15-8-5-4-6-9-15)18(23)14-21-13-16-10-7-11-26-16/h4-11,17-18,21,23H,12-14H2,1-3H3,(H,24,25)/t17-,18+/m0/s1. The first-order valence-corrected chi connectivity index (χ1v) is 9.64. The molecule has 0 unspecified atom stereocenters. The predicted molar refractivity (Wildman–Crippen MR) is 106 cm³/mol. The lowest BCUT2D eigenvalue weighted by Crippen LogP contribution is -2.58. The molecule has 0 fully saturated rings. The highest BCUT2D eigenvalue weighted by Crippen LogP contribution is 2.23. The number of amides is 1. The summed E-state index contributed by atoms with van der Waals surface area (Å²) >= 11 is 1.65. The summed E-state index contributed by atoms with van der Waals surface area (Å²) in [5.74, 6) is 0. The lowest BCUT2D eigenvalue weighted by molar-refractivity contribution is 0.00773. The van der Waals surface area contributed by atoms with Crippen LogP contribution in [0.5, 0.6) is 0 Å². The van der Waals surface area contributed by atoms with Crippen LogP contribution in [-0.2, 0) is 13.0 Å². The second-order valence-corrected chi connectivity index (χ2v) is 8.39. The van der Waals surface area contributed by atoms with Crippen LogP contribution in [0.2, 0.25) is 0 Å². The molecule has 0 spiro atoms. The summed E-state index contributed by atoms with van der Waals surface area (Å²) in [4.78, 5) is 14.5. The van der Waals surface area contributed by atoms with E-state index in [9.17, 15) is 15.0 Å². The van der Waals surface area contributed by atoms with E-state index < -0.39 is 23.8 Å². The van der Waals surface area contributed by atoms with Crippen LogP contribution in [0, 0.1) is 0 Å². The number of hydrogen-bond donors (Lipinski definition) is 3. The molecule has 2 rings (SSSR count). The Bertz CT molecular complexity index is 668. The van der Waals surface area contributed by atoms with Crippen LogP contribution < -0.4 is 5.32 Å². The zero-order chi connectivity index (χ0) is 19.2. The Morgan fingerprint density at radius 3 is 2.42 bits per heavy atom. The Morgan fingerprint density at radius 2 is 1.88 bits per heavy atom. The lowest BCUT2D eigenvalue weighted by atomic mass is 9.94. The molecule has 1 heterocycles. The Labute approximate surface area is 159 Å². The average molecular weight is 377 g/mol. The molecule has 2 aromatic rings. The van der Waals surface area contributed by atoms with Gasteiger partial charge in [0.2, 0.25) is 0 Å². The van der Waals surface area contributed by atoms with Crippen molar-refractivity contribution in [3.05, 3.63) is 58.3 Å². The van der Waals surface area contributed by atoms with Crippen molar-refractivity contribution < 1.29 is 15.0 Å². The van der Waals surface area contributed by atoms with Crippen molar-refractivity contribution in [2.45, 2.75) is 51.4 Å². The van der Waals surface area contributed by atoms with Crippen molar-refractivity contribution in [2.75, 3.05) is 6.54 Å². The van der Waals surface area contributed by atoms with Crippen molar-refractivity contribution in [3.63, 3.8) is 0 Å². The Balaban J connectivity index is 2.13. The summed E-state index contributed by atoms with van der Waals surface area (Å²) in [6, 6.07) is 13.2. The van der Waals surface area contributed by atoms with Crippen molar-refractivity contribution in [2.24, 2.45) is 0 Å². The van der Waals surface area contributed by atoms with Crippen molar-refractivity contribution >= 4 is 17.4 Å². The molecule has 0 saturated carbocycles. The van der Waals surface area contributed by atoms with Gasteiger partial charge in [-0.3, -0.25) is 4.90 Å². The molecule has 0 aliphatic heterocycles. The zero-order valence-corrected chi connectivity index (χ0v) is 16.4. The molecule has 1 amide bonds. The third-order valence-corrected chi connectivity index (χ3v) is 5.10. The molecule has 2 atom stereocenters. The molecule has 3 N–H and O–H groups in total. The molecule has 0 bridgehead atoms. The van der Waals surface area contributed by atoms with Crippen LogP contribution in [0.1, 0.15) is 31.2 Å². The van der Waals surface area contributed by atoms with Gasteiger partial charge in [0, 0.05) is 23.5 Å². The highest BCUT2D eigenvalue weighted by Gasteiger charge is 2.37. The van der Waals surface area contributed by atoms with Gasteiger partial charge in [-0.25, -0.2) is 4.79 Å². The summed E-state index contributed by atoms with van der Waals surface area (Å²) in [6.07, 6.45) is -1.37. The van der Waals surface area contributed by atoms with Crippen molar-refractivity contribution in [3.8, 4) is 0 Å². The second kappa shape index (κ2) is 9.16. The number of benzene rings is 1. The quantitative estimate of drug-likeness (QED) is 0.658. The van der Waals surface area contributed by atoms with Gasteiger partial charge in [0.15, 0.2) is 0 Å². The van der Waals surface area contributed by atoms with Crippen LogP contribution in [-0.4, -0.2) is 45.4 Å². The van der Waals surface area contributed by atoms with E-state index in [1.165, 1.54) is 9.78 Å². The van der Waals surface area contributed by atoms with Gasteiger partial charge in [-0.2, -0.15) is 0 Å². The molecular weight excluding hydrogens is 348 g/mol. The van der Waals surface area contributed by atoms with Gasteiger partial charge in [0.25, 0.3) is 0 Å². The van der Waals surface area contributed by atoms with E-state index in [1.54, 1.807) is 11.3 Å². The molecular formula is C20H28N2O3S. The number of carboxylic acid groups (broad SMARTS) is 1. The monoisotopic (exact) mass is 376 g/mol. The number of aliphatic hydroxyl groups excluding tert-OH is 1. The summed E-state index contributed by atoms with van der Waals surface area (Å²) in [5.41, 5.74) is 0.394. The minimum atomic E-state index is -1.02. The highest BCUT2D eigenvalue weighted by molar-refractivity contribution is 7.09. The fourth-order valence-corrected chi connectivity index (χ4v) is 3.75. The number of nitrogens with one attached hydrogen (secondary N) is 1. The Morgan fingerprint density at radius 1 is 1.19 bits per heavy atom. The Hall–Kier alpha value is -1.89. The fourth-order valence-electron chi connectivity index (χ4n) is 3.07. The van der Waals surface area contributed by atoms with Crippen LogP contribution >= 0.6 is 11.3 Å². The minimum absolute atomic E-state index is 0.329. The van der Waals surface area contributed by atoms with E-state index in [-0.39, 0.29) is 0 Å². The van der Waals surface area contributed by atoms with Crippen molar-refractivity contribution in [1.82, 2.24) is 10.2 Å². The number of rotatable bonds is 8. The topological polar surface area (TPSA) is 72.8 Å². The molecule has 0 radical (unpaired) electrons. The lowest BCUT2D eigenvalue weighted by Gasteiger charge is -2.42. The summed E-state index contributed by atoms with van der Waals surface area (Å²) in [5, 5.41) is 25.8.